The molecule has 0 radical (unpaired) electrons. The Labute approximate surface area is 113 Å². The van der Waals surface area contributed by atoms with Crippen molar-refractivity contribution >= 4 is 32.7 Å². The molecule has 0 bridgehead atoms. The molecule has 92 valence electrons. The standard InChI is InChI=1S/C14H10N4S/c1-18-12-10(6-4-8-15-12)16-13(18)14-17-9-5-2-3-7-11(9)19-14/h2-8H,1H3. The maximum Gasteiger partial charge on any atom is 0.171 e. The number of imidazole rings is 1. The van der Waals surface area contributed by atoms with E-state index in [1.54, 1.807) is 17.5 Å². The predicted octanol–water partition coefficient (Wildman–Crippen LogP) is 3.25. The van der Waals surface area contributed by atoms with Crippen LogP contribution < -0.4 is 0 Å². The molecule has 0 atom stereocenters. The normalized spacial score (nSPS) is 11.4. The van der Waals surface area contributed by atoms with E-state index in [0.29, 0.717) is 0 Å². The number of hydrogen-bond donors (Lipinski definition) is 0. The highest BCUT2D eigenvalue weighted by atomic mass is 32.1. The van der Waals surface area contributed by atoms with Crippen LogP contribution in [0.4, 0.5) is 0 Å². The van der Waals surface area contributed by atoms with Crippen LogP contribution in [-0.2, 0) is 7.05 Å². The van der Waals surface area contributed by atoms with E-state index in [4.69, 9.17) is 0 Å². The number of para-hydroxylation sites is 1. The molecule has 3 heterocycles. The van der Waals surface area contributed by atoms with E-state index in [-0.39, 0.29) is 0 Å². The van der Waals surface area contributed by atoms with Gasteiger partial charge in [-0.2, -0.15) is 0 Å². The van der Waals surface area contributed by atoms with E-state index < -0.39 is 0 Å². The van der Waals surface area contributed by atoms with Crippen LogP contribution in [-0.4, -0.2) is 19.5 Å². The van der Waals surface area contributed by atoms with Crippen molar-refractivity contribution in [3.8, 4) is 10.8 Å². The molecular formula is C14H10N4S. The van der Waals surface area contributed by atoms with Gasteiger partial charge in [-0.05, 0) is 24.3 Å². The second-order valence-corrected chi connectivity index (χ2v) is 5.36. The number of thiazole rings is 1. The summed E-state index contributed by atoms with van der Waals surface area (Å²) in [7, 11) is 1.98. The van der Waals surface area contributed by atoms with Crippen molar-refractivity contribution < 1.29 is 0 Å². The van der Waals surface area contributed by atoms with Gasteiger partial charge in [-0.1, -0.05) is 12.1 Å². The maximum atomic E-state index is 4.65. The topological polar surface area (TPSA) is 43.6 Å². The molecule has 0 spiro atoms. The van der Waals surface area contributed by atoms with Gasteiger partial charge in [0.25, 0.3) is 0 Å². The fraction of sp³-hybridized carbons (Fsp3) is 0.0714. The number of benzene rings is 1. The Balaban J connectivity index is 2.01. The molecule has 0 aliphatic rings. The first-order valence-electron chi connectivity index (χ1n) is 5.96. The molecule has 4 aromatic rings. The van der Waals surface area contributed by atoms with Crippen molar-refractivity contribution in [3.05, 3.63) is 42.6 Å². The van der Waals surface area contributed by atoms with Crippen molar-refractivity contribution in [2.45, 2.75) is 0 Å². The van der Waals surface area contributed by atoms with Crippen LogP contribution in [0.25, 0.3) is 32.2 Å². The highest BCUT2D eigenvalue weighted by molar-refractivity contribution is 7.21. The van der Waals surface area contributed by atoms with Crippen LogP contribution in [0.2, 0.25) is 0 Å². The zero-order chi connectivity index (χ0) is 12.8. The average Bonchev–Trinajstić information content (AvgIpc) is 3.00. The van der Waals surface area contributed by atoms with Gasteiger partial charge in [0, 0.05) is 13.2 Å². The van der Waals surface area contributed by atoms with Crippen LogP contribution in [0.3, 0.4) is 0 Å². The summed E-state index contributed by atoms with van der Waals surface area (Å²) < 4.78 is 3.17. The highest BCUT2D eigenvalue weighted by Gasteiger charge is 2.14. The van der Waals surface area contributed by atoms with E-state index in [9.17, 15) is 0 Å². The Kier molecular flexibility index (Phi) is 2.16. The van der Waals surface area contributed by atoms with Gasteiger partial charge in [0.05, 0.1) is 10.2 Å². The molecule has 4 nitrogen and oxygen atoms in total. The number of rotatable bonds is 1. The van der Waals surface area contributed by atoms with Crippen molar-refractivity contribution in [1.29, 1.82) is 0 Å². The van der Waals surface area contributed by atoms with Gasteiger partial charge in [-0.25, -0.2) is 15.0 Å². The summed E-state index contributed by atoms with van der Waals surface area (Å²) >= 11 is 1.66. The zero-order valence-electron chi connectivity index (χ0n) is 10.2. The lowest BCUT2D eigenvalue weighted by Crippen LogP contribution is -1.92. The molecule has 0 fully saturated rings. The summed E-state index contributed by atoms with van der Waals surface area (Å²) in [6.45, 7) is 0. The summed E-state index contributed by atoms with van der Waals surface area (Å²) in [5, 5.41) is 0.932. The number of hydrogen-bond acceptors (Lipinski definition) is 4. The Bertz CT molecular complexity index is 858. The van der Waals surface area contributed by atoms with Gasteiger partial charge in [0.1, 0.15) is 5.52 Å². The van der Waals surface area contributed by atoms with Crippen molar-refractivity contribution in [2.24, 2.45) is 7.05 Å². The third kappa shape index (κ3) is 1.55. The molecule has 0 saturated heterocycles. The fourth-order valence-electron chi connectivity index (χ4n) is 2.18. The SMILES string of the molecule is Cn1c(-c2nc3ccccc3s2)nc2cccnc21. The third-order valence-corrected chi connectivity index (χ3v) is 4.15. The van der Waals surface area contributed by atoms with Crippen LogP contribution in [0.5, 0.6) is 0 Å². The van der Waals surface area contributed by atoms with Crippen molar-refractivity contribution in [3.63, 3.8) is 0 Å². The number of aromatic nitrogens is 4. The van der Waals surface area contributed by atoms with E-state index >= 15 is 0 Å². The Hall–Kier alpha value is -2.27. The van der Waals surface area contributed by atoms with E-state index in [1.807, 2.05) is 41.9 Å². The Morgan fingerprint density at radius 2 is 1.84 bits per heavy atom. The third-order valence-electron chi connectivity index (χ3n) is 3.11. The molecule has 5 heteroatoms. The number of nitrogens with zero attached hydrogens (tertiary/aromatic N) is 4. The summed E-state index contributed by atoms with van der Waals surface area (Å²) in [6, 6.07) is 12.0. The van der Waals surface area contributed by atoms with Crippen LogP contribution >= 0.6 is 11.3 Å². The first kappa shape index (κ1) is 10.6. The molecule has 0 amide bonds. The lowest BCUT2D eigenvalue weighted by atomic mass is 10.3. The van der Waals surface area contributed by atoms with Gasteiger partial charge >= 0.3 is 0 Å². The van der Waals surface area contributed by atoms with Gasteiger partial charge in [0.15, 0.2) is 16.5 Å². The second kappa shape index (κ2) is 3.86. The Morgan fingerprint density at radius 1 is 1.00 bits per heavy atom. The molecule has 4 rings (SSSR count). The number of fused-ring (bicyclic) bond motifs is 2. The lowest BCUT2D eigenvalue weighted by molar-refractivity contribution is 0.940. The first-order valence-corrected chi connectivity index (χ1v) is 6.78. The minimum absolute atomic E-state index is 0.870. The molecule has 3 aromatic heterocycles. The predicted molar refractivity (Wildman–Crippen MR) is 77.1 cm³/mol. The molecule has 0 aliphatic heterocycles. The first-order chi connectivity index (χ1) is 9.33. The number of aryl methyl sites for hydroxylation is 1. The Morgan fingerprint density at radius 3 is 2.68 bits per heavy atom. The summed E-state index contributed by atoms with van der Waals surface area (Å²) in [4.78, 5) is 13.6. The lowest BCUT2D eigenvalue weighted by Gasteiger charge is -1.96. The molecule has 0 saturated carbocycles. The largest absolute Gasteiger partial charge is 0.310 e. The molecule has 19 heavy (non-hydrogen) atoms. The van der Waals surface area contributed by atoms with E-state index in [0.717, 1.165) is 27.5 Å². The monoisotopic (exact) mass is 266 g/mol. The minimum Gasteiger partial charge on any atom is -0.310 e. The summed E-state index contributed by atoms with van der Waals surface area (Å²) in [5.41, 5.74) is 2.80. The zero-order valence-corrected chi connectivity index (χ0v) is 11.1. The molecule has 0 aliphatic carbocycles. The van der Waals surface area contributed by atoms with Gasteiger partial charge < -0.3 is 4.57 Å². The quantitative estimate of drug-likeness (QED) is 0.531. The van der Waals surface area contributed by atoms with Gasteiger partial charge in [0.2, 0.25) is 0 Å². The van der Waals surface area contributed by atoms with Gasteiger partial charge in [-0.15, -0.1) is 11.3 Å². The van der Waals surface area contributed by atoms with Crippen LogP contribution in [0, 0.1) is 0 Å². The second-order valence-electron chi connectivity index (χ2n) is 4.33. The molecule has 0 N–H and O–H groups in total. The average molecular weight is 266 g/mol. The minimum atomic E-state index is 0.870. The summed E-state index contributed by atoms with van der Waals surface area (Å²) in [6.07, 6.45) is 1.78. The molecule has 1 aromatic carbocycles. The fourth-order valence-corrected chi connectivity index (χ4v) is 3.17. The van der Waals surface area contributed by atoms with Crippen LogP contribution in [0.15, 0.2) is 42.6 Å². The number of pyridine rings is 1. The summed E-state index contributed by atoms with van der Waals surface area (Å²) in [5.74, 6) is 0.870. The van der Waals surface area contributed by atoms with E-state index in [2.05, 4.69) is 21.0 Å². The smallest absolute Gasteiger partial charge is 0.171 e. The van der Waals surface area contributed by atoms with Crippen molar-refractivity contribution in [1.82, 2.24) is 19.5 Å². The maximum absolute atomic E-state index is 4.65. The van der Waals surface area contributed by atoms with Crippen LogP contribution in [0.1, 0.15) is 0 Å². The van der Waals surface area contributed by atoms with Crippen molar-refractivity contribution in [2.75, 3.05) is 0 Å². The highest BCUT2D eigenvalue weighted by Crippen LogP contribution is 2.30. The van der Waals surface area contributed by atoms with E-state index in [1.165, 1.54) is 4.70 Å². The van der Waals surface area contributed by atoms with Gasteiger partial charge in [-0.3, -0.25) is 0 Å². The molecular weight excluding hydrogens is 256 g/mol. The molecule has 0 unspecified atom stereocenters.